The molecule has 4 rings (SSSR count). The smallest absolute Gasteiger partial charge is 0.345 e. The van der Waals surface area contributed by atoms with Crippen molar-refractivity contribution >= 4 is 5.97 Å². The Labute approximate surface area is 153 Å². The Bertz CT molecular complexity index is 855. The van der Waals surface area contributed by atoms with Crippen LogP contribution in [-0.2, 0) is 11.2 Å². The average Bonchev–Trinajstić information content (AvgIpc) is 3.45. The summed E-state index contributed by atoms with van der Waals surface area (Å²) in [5, 5.41) is 0. The van der Waals surface area contributed by atoms with E-state index < -0.39 is 5.97 Å². The van der Waals surface area contributed by atoms with Crippen LogP contribution in [0.15, 0.2) is 30.5 Å². The minimum absolute atomic E-state index is 0.308. The maximum Gasteiger partial charge on any atom is 0.345 e. The topological polar surface area (TPSA) is 57.7 Å². The van der Waals surface area contributed by atoms with E-state index in [1.807, 2.05) is 32.0 Å². The van der Waals surface area contributed by atoms with Crippen molar-refractivity contribution in [2.45, 2.75) is 51.0 Å². The molecule has 2 aromatic rings. The first-order valence-electron chi connectivity index (χ1n) is 9.04. The van der Waals surface area contributed by atoms with Gasteiger partial charge in [0.25, 0.3) is 0 Å². The monoisotopic (exact) mass is 353 g/mol. The summed E-state index contributed by atoms with van der Waals surface area (Å²) in [5.74, 6) is 1.68. The van der Waals surface area contributed by atoms with E-state index in [9.17, 15) is 4.79 Å². The number of benzene rings is 1. The molecule has 0 unspecified atom stereocenters. The summed E-state index contributed by atoms with van der Waals surface area (Å²) >= 11 is 0. The lowest BCUT2D eigenvalue weighted by molar-refractivity contribution is 0.0553. The van der Waals surface area contributed by atoms with Crippen molar-refractivity contribution in [1.82, 2.24) is 4.98 Å². The normalized spacial score (nSPS) is 17.8. The second kappa shape index (κ2) is 6.31. The largest absolute Gasteiger partial charge is 0.485 e. The minimum atomic E-state index is -0.477. The zero-order valence-electron chi connectivity index (χ0n) is 15.4. The number of hydrogen-bond donors (Lipinski definition) is 0. The van der Waals surface area contributed by atoms with E-state index in [0.29, 0.717) is 28.7 Å². The maximum atomic E-state index is 12.5. The Morgan fingerprint density at radius 2 is 2.12 bits per heavy atom. The molecule has 5 heteroatoms. The Hall–Kier alpha value is -2.56. The number of ether oxygens (including phenoxy) is 3. The van der Waals surface area contributed by atoms with Crippen molar-refractivity contribution < 1.29 is 19.0 Å². The van der Waals surface area contributed by atoms with Gasteiger partial charge in [0.1, 0.15) is 16.9 Å². The van der Waals surface area contributed by atoms with E-state index in [1.165, 1.54) is 25.5 Å². The number of aryl methyl sites for hydroxylation is 1. The number of aromatic nitrogens is 1. The van der Waals surface area contributed by atoms with Crippen LogP contribution in [-0.4, -0.2) is 23.7 Å². The summed E-state index contributed by atoms with van der Waals surface area (Å²) in [4.78, 5) is 17.0. The molecule has 0 atom stereocenters. The molecule has 1 aliphatic heterocycles. The number of methoxy groups -OCH3 is 1. The molecule has 0 bridgehead atoms. The summed E-state index contributed by atoms with van der Waals surface area (Å²) < 4.78 is 17.1. The van der Waals surface area contributed by atoms with Gasteiger partial charge in [0, 0.05) is 0 Å². The van der Waals surface area contributed by atoms with Gasteiger partial charge in [-0.15, -0.1) is 0 Å². The molecule has 0 spiro atoms. The molecular formula is C21H23NO4. The van der Waals surface area contributed by atoms with Gasteiger partial charge in [-0.2, -0.15) is 0 Å². The lowest BCUT2D eigenvalue weighted by Crippen LogP contribution is -2.34. The lowest BCUT2D eigenvalue weighted by atomic mass is 9.95. The number of carbonyl (C=O) groups is 1. The maximum absolute atomic E-state index is 12.5. The van der Waals surface area contributed by atoms with Crippen molar-refractivity contribution in [3.63, 3.8) is 0 Å². The second-order valence-corrected chi connectivity index (χ2v) is 7.58. The molecule has 0 amide bonds. The Morgan fingerprint density at radius 1 is 1.31 bits per heavy atom. The Balaban J connectivity index is 1.73. The van der Waals surface area contributed by atoms with Crippen molar-refractivity contribution in [2.75, 3.05) is 7.11 Å². The van der Waals surface area contributed by atoms with Crippen molar-refractivity contribution in [3.8, 4) is 17.2 Å². The van der Waals surface area contributed by atoms with Crippen LogP contribution in [0.4, 0.5) is 0 Å². The van der Waals surface area contributed by atoms with Gasteiger partial charge in [-0.1, -0.05) is 12.1 Å². The van der Waals surface area contributed by atoms with E-state index in [-0.39, 0.29) is 5.60 Å². The summed E-state index contributed by atoms with van der Waals surface area (Å²) in [7, 11) is 1.36. The molecule has 5 nitrogen and oxygen atoms in total. The van der Waals surface area contributed by atoms with Crippen molar-refractivity contribution in [2.24, 2.45) is 0 Å². The first kappa shape index (κ1) is 16.9. The molecule has 2 heterocycles. The van der Waals surface area contributed by atoms with Gasteiger partial charge in [-0.3, -0.25) is 4.98 Å². The van der Waals surface area contributed by atoms with Gasteiger partial charge in [0.05, 0.1) is 19.0 Å². The number of esters is 1. The molecule has 0 radical (unpaired) electrons. The highest BCUT2D eigenvalue weighted by Crippen LogP contribution is 2.43. The molecule has 1 aromatic carbocycles. The van der Waals surface area contributed by atoms with Gasteiger partial charge in [0.15, 0.2) is 11.5 Å². The fraction of sp³-hybridized carbons (Fsp3) is 0.429. The van der Waals surface area contributed by atoms with E-state index in [2.05, 4.69) is 11.1 Å². The highest BCUT2D eigenvalue weighted by Gasteiger charge is 2.34. The Kier molecular flexibility index (Phi) is 4.10. The van der Waals surface area contributed by atoms with E-state index in [4.69, 9.17) is 14.2 Å². The van der Waals surface area contributed by atoms with Crippen LogP contribution in [0.3, 0.4) is 0 Å². The van der Waals surface area contributed by atoms with Crippen LogP contribution < -0.4 is 9.47 Å². The van der Waals surface area contributed by atoms with E-state index in [0.717, 1.165) is 18.5 Å². The number of pyridine rings is 1. The number of nitrogens with zero attached hydrogens (tertiary/aromatic N) is 1. The Morgan fingerprint density at radius 3 is 2.85 bits per heavy atom. The molecule has 1 aromatic heterocycles. The SMILES string of the molecule is COC(=O)c1c(Oc2cccc(C3CC3)c2)cnc2c1OC(C)(C)CC2. The predicted molar refractivity (Wildman–Crippen MR) is 97.1 cm³/mol. The third-order valence-electron chi connectivity index (χ3n) is 4.94. The van der Waals surface area contributed by atoms with Gasteiger partial charge >= 0.3 is 5.97 Å². The third-order valence-corrected chi connectivity index (χ3v) is 4.94. The van der Waals surface area contributed by atoms with Crippen LogP contribution in [0.2, 0.25) is 0 Å². The second-order valence-electron chi connectivity index (χ2n) is 7.58. The van der Waals surface area contributed by atoms with Crippen LogP contribution in [0.25, 0.3) is 0 Å². The first-order chi connectivity index (χ1) is 12.5. The van der Waals surface area contributed by atoms with Crippen LogP contribution in [0.5, 0.6) is 17.2 Å². The van der Waals surface area contributed by atoms with Crippen molar-refractivity contribution in [1.29, 1.82) is 0 Å². The van der Waals surface area contributed by atoms with Crippen LogP contribution in [0, 0.1) is 0 Å². The quantitative estimate of drug-likeness (QED) is 0.749. The minimum Gasteiger partial charge on any atom is -0.485 e. The predicted octanol–water partition coefficient (Wildman–Crippen LogP) is 4.64. The van der Waals surface area contributed by atoms with Gasteiger partial charge in [-0.05, 0) is 63.1 Å². The standard InChI is InChI=1S/C21H23NO4/c1-21(2)10-9-16-19(26-21)18(20(23)24-3)17(12-22-16)25-15-6-4-5-14(11-15)13-7-8-13/h4-6,11-13H,7-10H2,1-3H3. The van der Waals surface area contributed by atoms with Crippen LogP contribution >= 0.6 is 0 Å². The molecule has 2 aliphatic rings. The van der Waals surface area contributed by atoms with Crippen LogP contribution in [0.1, 0.15) is 60.6 Å². The van der Waals surface area contributed by atoms with Crippen molar-refractivity contribution in [3.05, 3.63) is 47.3 Å². The number of hydrogen-bond acceptors (Lipinski definition) is 5. The van der Waals surface area contributed by atoms with E-state index in [1.54, 1.807) is 6.20 Å². The molecule has 136 valence electrons. The van der Waals surface area contributed by atoms with E-state index >= 15 is 0 Å². The zero-order chi connectivity index (χ0) is 18.3. The van der Waals surface area contributed by atoms with Gasteiger partial charge in [0.2, 0.25) is 0 Å². The summed E-state index contributed by atoms with van der Waals surface area (Å²) in [5.41, 5.74) is 1.98. The number of fused-ring (bicyclic) bond motifs is 1. The highest BCUT2D eigenvalue weighted by molar-refractivity contribution is 5.96. The fourth-order valence-electron chi connectivity index (χ4n) is 3.30. The average molecular weight is 353 g/mol. The van der Waals surface area contributed by atoms with Gasteiger partial charge in [-0.25, -0.2) is 4.79 Å². The molecule has 1 fully saturated rings. The molecule has 0 saturated heterocycles. The summed E-state index contributed by atoms with van der Waals surface area (Å²) in [6.07, 6.45) is 5.64. The third kappa shape index (κ3) is 3.26. The first-order valence-corrected chi connectivity index (χ1v) is 9.04. The zero-order valence-corrected chi connectivity index (χ0v) is 15.4. The molecule has 1 saturated carbocycles. The molecule has 1 aliphatic carbocycles. The number of rotatable bonds is 4. The highest BCUT2D eigenvalue weighted by atomic mass is 16.5. The number of carbonyl (C=O) groups excluding carboxylic acids is 1. The fourth-order valence-corrected chi connectivity index (χ4v) is 3.30. The lowest BCUT2D eigenvalue weighted by Gasteiger charge is -2.33. The van der Waals surface area contributed by atoms with Gasteiger partial charge < -0.3 is 14.2 Å². The molecular weight excluding hydrogens is 330 g/mol. The molecule has 26 heavy (non-hydrogen) atoms. The summed E-state index contributed by atoms with van der Waals surface area (Å²) in [6.45, 7) is 4.01. The molecule has 0 N–H and O–H groups in total. The summed E-state index contributed by atoms with van der Waals surface area (Å²) in [6, 6.07) is 8.01.